The van der Waals surface area contributed by atoms with Crippen molar-refractivity contribution < 1.29 is 23.8 Å². The molecule has 1 fully saturated rings. The monoisotopic (exact) mass is 552 g/mol. The van der Waals surface area contributed by atoms with Crippen molar-refractivity contribution in [3.63, 3.8) is 0 Å². The zero-order valence-electron chi connectivity index (χ0n) is 21.1. The van der Waals surface area contributed by atoms with E-state index in [1.54, 1.807) is 32.0 Å². The van der Waals surface area contributed by atoms with Crippen LogP contribution in [0, 0.1) is 10.1 Å². The molecular weight excluding hydrogens is 528 g/mol. The lowest BCUT2D eigenvalue weighted by atomic mass is 9.97. The number of nitrogens with one attached hydrogen (secondary N) is 1. The Kier molecular flexibility index (Phi) is 7.20. The number of benzene rings is 2. The molecule has 2 aliphatic rings. The third-order valence-corrected chi connectivity index (χ3v) is 6.59. The summed E-state index contributed by atoms with van der Waals surface area (Å²) in [5, 5.41) is 18.9. The number of nitro groups is 1. The van der Waals surface area contributed by atoms with Gasteiger partial charge in [0.15, 0.2) is 0 Å². The van der Waals surface area contributed by atoms with Crippen LogP contribution in [-0.2, 0) is 4.79 Å². The molecule has 0 bridgehead atoms. The third kappa shape index (κ3) is 5.28. The van der Waals surface area contributed by atoms with E-state index in [0.29, 0.717) is 29.4 Å². The standard InChI is InChI=1S/C26H25ClN6O6/c1-15(2)39-21-13-18(33(36)37)7-8-19(21)25-29-23(16-3-5-17(27)6-4-16)24(20-9-12-38-30-20)32(25)26(35)31-11-10-28-22(34)14-31/h3-9,12-13,15,23-24H,10-11,14H2,1-2H3,(H,28,34). The fraction of sp³-hybridized carbons (Fsp3) is 0.308. The van der Waals surface area contributed by atoms with Crippen LogP contribution in [0.15, 0.2) is 64.3 Å². The average molecular weight is 553 g/mol. The molecule has 202 valence electrons. The quantitative estimate of drug-likeness (QED) is 0.358. The topological polar surface area (TPSA) is 143 Å². The summed E-state index contributed by atoms with van der Waals surface area (Å²) in [4.78, 5) is 45.2. The van der Waals surface area contributed by atoms with Crippen LogP contribution >= 0.6 is 11.6 Å². The molecule has 1 saturated heterocycles. The second kappa shape index (κ2) is 10.7. The summed E-state index contributed by atoms with van der Waals surface area (Å²) >= 11 is 6.14. The lowest BCUT2D eigenvalue weighted by Gasteiger charge is -2.34. The minimum absolute atomic E-state index is 0.130. The normalized spacial score (nSPS) is 19.2. The highest BCUT2D eigenvalue weighted by Gasteiger charge is 2.46. The Morgan fingerprint density at radius 3 is 2.64 bits per heavy atom. The summed E-state index contributed by atoms with van der Waals surface area (Å²) in [6.07, 6.45) is 1.09. The predicted molar refractivity (Wildman–Crippen MR) is 141 cm³/mol. The van der Waals surface area contributed by atoms with Crippen molar-refractivity contribution in [1.82, 2.24) is 20.3 Å². The molecule has 3 heterocycles. The number of aromatic nitrogens is 1. The van der Waals surface area contributed by atoms with Gasteiger partial charge in [-0.3, -0.25) is 24.8 Å². The number of carbonyl (C=O) groups excluding carboxylic acids is 2. The van der Waals surface area contributed by atoms with Crippen LogP contribution in [0.4, 0.5) is 10.5 Å². The van der Waals surface area contributed by atoms with Gasteiger partial charge in [0.05, 0.1) is 22.7 Å². The van der Waals surface area contributed by atoms with Crippen LogP contribution in [0.1, 0.15) is 42.8 Å². The highest BCUT2D eigenvalue weighted by atomic mass is 35.5. The molecule has 0 saturated carbocycles. The Morgan fingerprint density at radius 2 is 2.00 bits per heavy atom. The van der Waals surface area contributed by atoms with Crippen molar-refractivity contribution in [3.05, 3.63) is 86.8 Å². The second-order valence-corrected chi connectivity index (χ2v) is 9.78. The van der Waals surface area contributed by atoms with Gasteiger partial charge in [0.2, 0.25) is 5.91 Å². The van der Waals surface area contributed by atoms with Crippen LogP contribution in [0.3, 0.4) is 0 Å². The Balaban J connectivity index is 1.70. The lowest BCUT2D eigenvalue weighted by molar-refractivity contribution is -0.384. The molecule has 13 heteroatoms. The van der Waals surface area contributed by atoms with Gasteiger partial charge < -0.3 is 19.5 Å². The predicted octanol–water partition coefficient (Wildman–Crippen LogP) is 4.12. The first-order chi connectivity index (χ1) is 18.7. The maximum absolute atomic E-state index is 14.1. The van der Waals surface area contributed by atoms with Crippen molar-refractivity contribution in [2.45, 2.75) is 32.0 Å². The number of hydrogen-bond donors (Lipinski definition) is 1. The molecule has 2 unspecified atom stereocenters. The SMILES string of the molecule is CC(C)Oc1cc([N+](=O)[O-])ccc1C1=NC(c2ccc(Cl)cc2)C(c2ccon2)N1C(=O)N1CCNC(=O)C1. The van der Waals surface area contributed by atoms with Crippen molar-refractivity contribution in [3.8, 4) is 5.75 Å². The van der Waals surface area contributed by atoms with Crippen molar-refractivity contribution in [1.29, 1.82) is 0 Å². The largest absolute Gasteiger partial charge is 0.490 e. The first-order valence-corrected chi connectivity index (χ1v) is 12.6. The molecule has 39 heavy (non-hydrogen) atoms. The second-order valence-electron chi connectivity index (χ2n) is 9.35. The van der Waals surface area contributed by atoms with E-state index in [4.69, 9.17) is 25.9 Å². The molecule has 0 radical (unpaired) electrons. The van der Waals surface area contributed by atoms with Gasteiger partial charge in [0.1, 0.15) is 42.2 Å². The van der Waals surface area contributed by atoms with Crippen molar-refractivity contribution in [2.75, 3.05) is 19.6 Å². The van der Waals surface area contributed by atoms with Gasteiger partial charge in [-0.1, -0.05) is 28.9 Å². The zero-order valence-corrected chi connectivity index (χ0v) is 21.9. The maximum Gasteiger partial charge on any atom is 0.326 e. The molecule has 1 aromatic heterocycles. The van der Waals surface area contributed by atoms with Crippen LogP contribution in [-0.4, -0.2) is 63.4 Å². The fourth-order valence-electron chi connectivity index (χ4n) is 4.65. The summed E-state index contributed by atoms with van der Waals surface area (Å²) in [6.45, 7) is 4.06. The Hall–Kier alpha value is -4.45. The minimum atomic E-state index is -0.750. The summed E-state index contributed by atoms with van der Waals surface area (Å²) in [5.74, 6) is 0.144. The van der Waals surface area contributed by atoms with Gasteiger partial charge >= 0.3 is 6.03 Å². The number of hydrogen-bond acceptors (Lipinski definition) is 8. The number of halogens is 1. The number of rotatable bonds is 6. The average Bonchev–Trinajstić information content (AvgIpc) is 3.56. The maximum atomic E-state index is 14.1. The molecule has 12 nitrogen and oxygen atoms in total. The van der Waals surface area contributed by atoms with Crippen LogP contribution in [0.25, 0.3) is 0 Å². The molecular formula is C26H25ClN6O6. The number of urea groups is 1. The molecule has 0 aliphatic carbocycles. The Bertz CT molecular complexity index is 1430. The van der Waals surface area contributed by atoms with Crippen LogP contribution in [0.2, 0.25) is 5.02 Å². The van der Waals surface area contributed by atoms with E-state index in [0.717, 1.165) is 5.56 Å². The fourth-order valence-corrected chi connectivity index (χ4v) is 4.77. The van der Waals surface area contributed by atoms with Crippen molar-refractivity contribution >= 4 is 35.1 Å². The summed E-state index contributed by atoms with van der Waals surface area (Å²) in [7, 11) is 0. The number of ether oxygens (including phenoxy) is 1. The van der Waals surface area contributed by atoms with Gasteiger partial charge in [-0.25, -0.2) is 4.79 Å². The number of nitro benzene ring substituents is 1. The Labute approximate surface area is 228 Å². The third-order valence-electron chi connectivity index (χ3n) is 6.33. The molecule has 2 atom stereocenters. The number of non-ortho nitro benzene ring substituents is 1. The number of carbonyl (C=O) groups is 2. The number of amidine groups is 1. The van der Waals surface area contributed by atoms with E-state index >= 15 is 0 Å². The lowest BCUT2D eigenvalue weighted by Crippen LogP contribution is -2.55. The zero-order chi connectivity index (χ0) is 27.7. The van der Waals surface area contributed by atoms with E-state index in [9.17, 15) is 19.7 Å². The summed E-state index contributed by atoms with van der Waals surface area (Å²) in [6, 6.07) is 11.0. The Morgan fingerprint density at radius 1 is 1.23 bits per heavy atom. The van der Waals surface area contributed by atoms with E-state index in [1.165, 1.54) is 34.3 Å². The highest BCUT2D eigenvalue weighted by molar-refractivity contribution is 6.30. The van der Waals surface area contributed by atoms with Gasteiger partial charge in [-0.2, -0.15) is 0 Å². The summed E-state index contributed by atoms with van der Waals surface area (Å²) in [5.41, 5.74) is 1.41. The number of nitrogens with zero attached hydrogens (tertiary/aromatic N) is 5. The first-order valence-electron chi connectivity index (χ1n) is 12.3. The van der Waals surface area contributed by atoms with E-state index in [2.05, 4.69) is 10.5 Å². The van der Waals surface area contributed by atoms with Crippen molar-refractivity contribution in [2.24, 2.45) is 4.99 Å². The molecule has 3 amide bonds. The number of aliphatic imine (C=N–C) groups is 1. The molecule has 5 rings (SSSR count). The molecule has 2 aliphatic heterocycles. The molecule has 3 aromatic rings. The van der Waals surface area contributed by atoms with Gasteiger partial charge in [0.25, 0.3) is 5.69 Å². The van der Waals surface area contributed by atoms with E-state index in [1.807, 2.05) is 12.1 Å². The van der Waals surface area contributed by atoms with E-state index in [-0.39, 0.29) is 35.8 Å². The molecule has 1 N–H and O–H groups in total. The minimum Gasteiger partial charge on any atom is -0.490 e. The smallest absolute Gasteiger partial charge is 0.326 e. The van der Waals surface area contributed by atoms with Gasteiger partial charge in [-0.05, 0) is 37.6 Å². The van der Waals surface area contributed by atoms with Crippen LogP contribution < -0.4 is 10.1 Å². The van der Waals surface area contributed by atoms with E-state index < -0.39 is 23.0 Å². The number of piperazine rings is 1. The molecule has 0 spiro atoms. The highest BCUT2D eigenvalue weighted by Crippen LogP contribution is 2.45. The summed E-state index contributed by atoms with van der Waals surface area (Å²) < 4.78 is 11.1. The first kappa shape index (κ1) is 26.2. The van der Waals surface area contributed by atoms with Gasteiger partial charge in [-0.15, -0.1) is 0 Å². The molecule has 2 aromatic carbocycles. The van der Waals surface area contributed by atoms with Gasteiger partial charge in [0, 0.05) is 30.2 Å². The number of amides is 3. The van der Waals surface area contributed by atoms with Crippen LogP contribution in [0.5, 0.6) is 5.75 Å².